The first-order chi connectivity index (χ1) is 11.2. The van der Waals surface area contributed by atoms with Crippen molar-refractivity contribution in [2.24, 2.45) is 0 Å². The van der Waals surface area contributed by atoms with Crippen LogP contribution in [0.5, 0.6) is 0 Å². The Morgan fingerprint density at radius 1 is 1.13 bits per heavy atom. The van der Waals surface area contributed by atoms with Crippen LogP contribution in [0.2, 0.25) is 0 Å². The third-order valence-electron chi connectivity index (χ3n) is 3.90. The summed E-state index contributed by atoms with van der Waals surface area (Å²) in [4.78, 5) is 18.7. The zero-order valence-electron chi connectivity index (χ0n) is 12.6. The van der Waals surface area contributed by atoms with Crippen LogP contribution < -0.4 is 10.2 Å². The molecule has 0 fully saturated rings. The Hall–Kier alpha value is -2.66. The van der Waals surface area contributed by atoms with E-state index < -0.39 is 0 Å². The number of benzene rings is 2. The molecule has 4 rings (SSSR count). The van der Waals surface area contributed by atoms with Gasteiger partial charge in [-0.3, -0.25) is 4.90 Å². The third kappa shape index (κ3) is 2.59. The molecule has 0 aliphatic carbocycles. The number of nitrogens with one attached hydrogen (secondary N) is 1. The van der Waals surface area contributed by atoms with E-state index in [1.165, 1.54) is 16.9 Å². The molecule has 2 heterocycles. The van der Waals surface area contributed by atoms with Gasteiger partial charge in [0.05, 0.1) is 12.2 Å². The molecule has 4 nitrogen and oxygen atoms in total. The number of urea groups is 1. The summed E-state index contributed by atoms with van der Waals surface area (Å²) in [5.41, 5.74) is 5.16. The Balaban J connectivity index is 1.64. The maximum absolute atomic E-state index is 12.3. The van der Waals surface area contributed by atoms with Crippen molar-refractivity contribution in [3.05, 3.63) is 65.0 Å². The summed E-state index contributed by atoms with van der Waals surface area (Å²) in [6.45, 7) is 2.61. The van der Waals surface area contributed by atoms with E-state index in [-0.39, 0.29) is 6.03 Å². The second-order valence-electron chi connectivity index (χ2n) is 5.55. The number of para-hydroxylation sites is 1. The van der Waals surface area contributed by atoms with Crippen molar-refractivity contribution in [3.63, 3.8) is 0 Å². The lowest BCUT2D eigenvalue weighted by Gasteiger charge is -2.27. The number of aryl methyl sites for hydroxylation is 1. The number of nitrogens with zero attached hydrogens (tertiary/aromatic N) is 2. The second kappa shape index (κ2) is 5.52. The highest BCUT2D eigenvalue weighted by molar-refractivity contribution is 7.14. The fraction of sp³-hybridized carbons (Fsp3) is 0.111. The van der Waals surface area contributed by atoms with Crippen LogP contribution >= 0.6 is 11.3 Å². The number of rotatable bonds is 2. The van der Waals surface area contributed by atoms with E-state index in [4.69, 9.17) is 0 Å². The summed E-state index contributed by atoms with van der Waals surface area (Å²) in [6.07, 6.45) is 0. The molecule has 0 atom stereocenters. The average molecular weight is 321 g/mol. The van der Waals surface area contributed by atoms with Gasteiger partial charge in [-0.2, -0.15) is 0 Å². The van der Waals surface area contributed by atoms with Gasteiger partial charge in [-0.15, -0.1) is 11.3 Å². The fourth-order valence-electron chi connectivity index (χ4n) is 2.60. The van der Waals surface area contributed by atoms with Crippen molar-refractivity contribution in [2.45, 2.75) is 13.5 Å². The van der Waals surface area contributed by atoms with Crippen LogP contribution in [-0.4, -0.2) is 11.0 Å². The van der Waals surface area contributed by atoms with Gasteiger partial charge >= 0.3 is 6.03 Å². The molecule has 114 valence electrons. The fourth-order valence-corrected chi connectivity index (χ4v) is 3.44. The number of amides is 2. The van der Waals surface area contributed by atoms with E-state index in [1.54, 1.807) is 4.90 Å². The molecule has 0 spiro atoms. The number of carbonyl (C=O) groups is 1. The van der Waals surface area contributed by atoms with Crippen molar-refractivity contribution in [3.8, 4) is 11.3 Å². The van der Waals surface area contributed by atoms with Crippen molar-refractivity contribution in [1.29, 1.82) is 0 Å². The highest BCUT2D eigenvalue weighted by Gasteiger charge is 2.25. The molecule has 2 amide bonds. The maximum Gasteiger partial charge on any atom is 0.328 e. The molecule has 1 aliphatic rings. The standard InChI is InChI=1S/C18H15N3OS/c1-12-6-8-13(9-7-12)16-11-23-18(20-16)21-10-14-4-2-3-5-15(14)19-17(21)22/h2-9,11H,10H2,1H3,(H,19,22). The van der Waals surface area contributed by atoms with Gasteiger partial charge in [-0.1, -0.05) is 48.0 Å². The van der Waals surface area contributed by atoms with Gasteiger partial charge in [0.25, 0.3) is 0 Å². The summed E-state index contributed by atoms with van der Waals surface area (Å²) < 4.78 is 0. The third-order valence-corrected chi connectivity index (χ3v) is 4.77. The van der Waals surface area contributed by atoms with Crippen molar-refractivity contribution >= 4 is 28.2 Å². The molecule has 0 saturated carbocycles. The monoisotopic (exact) mass is 321 g/mol. The van der Waals surface area contributed by atoms with Crippen molar-refractivity contribution in [1.82, 2.24) is 4.98 Å². The van der Waals surface area contributed by atoms with Gasteiger partial charge in [0, 0.05) is 16.6 Å². The number of carbonyl (C=O) groups excluding carboxylic acids is 1. The Kier molecular flexibility index (Phi) is 3.35. The van der Waals surface area contributed by atoms with E-state index in [0.717, 1.165) is 22.5 Å². The van der Waals surface area contributed by atoms with Crippen LogP contribution in [0.4, 0.5) is 15.6 Å². The predicted octanol–water partition coefficient (Wildman–Crippen LogP) is 4.67. The van der Waals surface area contributed by atoms with Gasteiger partial charge in [0.15, 0.2) is 5.13 Å². The van der Waals surface area contributed by atoms with Crippen LogP contribution in [0.1, 0.15) is 11.1 Å². The summed E-state index contributed by atoms with van der Waals surface area (Å²) in [7, 11) is 0. The first kappa shape index (κ1) is 14.0. The highest BCUT2D eigenvalue weighted by Crippen LogP contribution is 2.32. The van der Waals surface area contributed by atoms with E-state index >= 15 is 0 Å². The van der Waals surface area contributed by atoms with Crippen molar-refractivity contribution in [2.75, 3.05) is 10.2 Å². The molecule has 1 aliphatic heterocycles. The van der Waals surface area contributed by atoms with E-state index in [2.05, 4.69) is 41.5 Å². The maximum atomic E-state index is 12.3. The number of hydrogen-bond acceptors (Lipinski definition) is 3. The van der Waals surface area contributed by atoms with Crippen molar-refractivity contribution < 1.29 is 4.79 Å². The summed E-state index contributed by atoms with van der Waals surface area (Å²) in [5.74, 6) is 0. The second-order valence-corrected chi connectivity index (χ2v) is 6.39. The number of fused-ring (bicyclic) bond motifs is 1. The minimum absolute atomic E-state index is 0.131. The molecule has 0 bridgehead atoms. The van der Waals surface area contributed by atoms with Crippen LogP contribution in [0.25, 0.3) is 11.3 Å². The minimum Gasteiger partial charge on any atom is -0.307 e. The quantitative estimate of drug-likeness (QED) is 0.745. The zero-order chi connectivity index (χ0) is 15.8. The molecule has 2 aromatic carbocycles. The van der Waals surface area contributed by atoms with Crippen LogP contribution in [0, 0.1) is 6.92 Å². The van der Waals surface area contributed by atoms with Crippen LogP contribution in [0.3, 0.4) is 0 Å². The number of aromatic nitrogens is 1. The molecule has 1 aromatic heterocycles. The summed E-state index contributed by atoms with van der Waals surface area (Å²) in [5, 5.41) is 5.63. The highest BCUT2D eigenvalue weighted by atomic mass is 32.1. The number of anilines is 2. The number of hydrogen-bond donors (Lipinski definition) is 1. The van der Waals surface area contributed by atoms with Gasteiger partial charge in [-0.05, 0) is 18.6 Å². The molecular weight excluding hydrogens is 306 g/mol. The summed E-state index contributed by atoms with van der Waals surface area (Å²) >= 11 is 1.49. The lowest BCUT2D eigenvalue weighted by atomic mass is 10.1. The Morgan fingerprint density at radius 2 is 1.91 bits per heavy atom. The smallest absolute Gasteiger partial charge is 0.307 e. The topological polar surface area (TPSA) is 45.2 Å². The molecule has 23 heavy (non-hydrogen) atoms. The molecule has 0 unspecified atom stereocenters. The van der Waals surface area contributed by atoms with Crippen LogP contribution in [0.15, 0.2) is 53.9 Å². The predicted molar refractivity (Wildman–Crippen MR) is 93.9 cm³/mol. The van der Waals surface area contributed by atoms with Crippen LogP contribution in [-0.2, 0) is 6.54 Å². The average Bonchev–Trinajstić information content (AvgIpc) is 3.04. The van der Waals surface area contributed by atoms with Gasteiger partial charge in [0.1, 0.15) is 0 Å². The molecule has 3 aromatic rings. The summed E-state index contributed by atoms with van der Waals surface area (Å²) in [6, 6.07) is 16.0. The molecule has 5 heteroatoms. The Labute approximate surface area is 138 Å². The lowest BCUT2D eigenvalue weighted by Crippen LogP contribution is -2.38. The Bertz CT molecular complexity index is 870. The molecule has 0 saturated heterocycles. The lowest BCUT2D eigenvalue weighted by molar-refractivity contribution is 0.256. The number of thiazole rings is 1. The largest absolute Gasteiger partial charge is 0.328 e. The van der Waals surface area contributed by atoms with Gasteiger partial charge < -0.3 is 5.32 Å². The van der Waals surface area contributed by atoms with E-state index in [1.807, 2.05) is 29.6 Å². The minimum atomic E-state index is -0.131. The molecule has 0 radical (unpaired) electrons. The normalized spacial score (nSPS) is 13.6. The first-order valence-electron chi connectivity index (χ1n) is 7.40. The molecule has 1 N–H and O–H groups in total. The van der Waals surface area contributed by atoms with E-state index in [0.29, 0.717) is 11.7 Å². The van der Waals surface area contributed by atoms with Gasteiger partial charge in [-0.25, -0.2) is 9.78 Å². The molecular formula is C18H15N3OS. The zero-order valence-corrected chi connectivity index (χ0v) is 13.4. The Morgan fingerprint density at radius 3 is 2.74 bits per heavy atom. The SMILES string of the molecule is Cc1ccc(-c2csc(N3Cc4ccccc4NC3=O)n2)cc1. The first-order valence-corrected chi connectivity index (χ1v) is 8.28. The van der Waals surface area contributed by atoms with E-state index in [9.17, 15) is 4.79 Å². The van der Waals surface area contributed by atoms with Gasteiger partial charge in [0.2, 0.25) is 0 Å².